The third kappa shape index (κ3) is 7.92. The predicted octanol–water partition coefficient (Wildman–Crippen LogP) is 4.52. The molecular weight excluding hydrogens is 840 g/mol. The Morgan fingerprint density at radius 1 is 0.408 bits per heavy atom. The Morgan fingerprint density at radius 3 is 0.939 bits per heavy atom. The Hall–Kier alpha value is -4.40. The van der Waals surface area contributed by atoms with Gasteiger partial charge in [-0.25, -0.2) is 0 Å². The van der Waals surface area contributed by atoms with Gasteiger partial charge in [-0.15, -0.1) is 0 Å². The third-order valence-electron chi connectivity index (χ3n) is 7.69. The topological polar surface area (TPSA) is 85.9 Å². The van der Waals surface area contributed by atoms with Gasteiger partial charge in [0, 0.05) is 0 Å². The summed E-state index contributed by atoms with van der Waals surface area (Å²) in [7, 11) is 0. The molecule has 244 valence electrons. The van der Waals surface area contributed by atoms with Crippen LogP contribution in [0.1, 0.15) is 20.7 Å². The predicted molar refractivity (Wildman–Crippen MR) is 187 cm³/mol. The van der Waals surface area contributed by atoms with Crippen molar-refractivity contribution in [2.45, 2.75) is 0 Å². The number of amides is 2. The van der Waals surface area contributed by atoms with Crippen molar-refractivity contribution in [2.75, 3.05) is 0 Å². The van der Waals surface area contributed by atoms with Crippen LogP contribution in [0.25, 0.3) is 0 Å². The number of carbonyl (C=O) groups excluding carboxylic acids is 2. The van der Waals surface area contributed by atoms with Crippen LogP contribution >= 0.6 is 0 Å². The SMILES string of the molecule is O=C(N[O][Sn]([O][Sn]([O]NC(=O)c1ccc(F)cc1)([c]1ccccc1)[c]1ccccc1)([c]1ccccc1)[c]1ccccc1)c1ccc(F)cc1. The molecule has 0 atom stereocenters. The molecule has 0 radical (unpaired) electrons. The minimum absolute atomic E-state index is 0.186. The molecule has 0 aliphatic carbocycles. The number of carbonyl (C=O) groups is 2. The molecule has 0 aromatic heterocycles. The van der Waals surface area contributed by atoms with Crippen molar-refractivity contribution in [3.63, 3.8) is 0 Å². The van der Waals surface area contributed by atoms with Gasteiger partial charge in [-0.05, 0) is 0 Å². The molecule has 0 saturated heterocycles. The Bertz CT molecular complexity index is 1760. The van der Waals surface area contributed by atoms with Gasteiger partial charge in [0.2, 0.25) is 0 Å². The molecular formula is C38H30F2N2O5Sn2. The second-order valence-electron chi connectivity index (χ2n) is 10.9. The molecule has 0 unspecified atom stereocenters. The zero-order valence-electron chi connectivity index (χ0n) is 26.0. The van der Waals surface area contributed by atoms with E-state index in [1.54, 1.807) is 0 Å². The van der Waals surface area contributed by atoms with Crippen LogP contribution in [0.3, 0.4) is 0 Å². The molecule has 0 aliphatic rings. The van der Waals surface area contributed by atoms with Crippen molar-refractivity contribution in [3.8, 4) is 0 Å². The van der Waals surface area contributed by atoms with Crippen molar-refractivity contribution in [1.29, 1.82) is 0 Å². The summed E-state index contributed by atoms with van der Waals surface area (Å²) < 4.78 is 51.2. The average Bonchev–Trinajstić information content (AvgIpc) is 3.16. The molecule has 49 heavy (non-hydrogen) atoms. The van der Waals surface area contributed by atoms with E-state index < -0.39 is 61.9 Å². The van der Waals surface area contributed by atoms with E-state index in [-0.39, 0.29) is 11.1 Å². The van der Waals surface area contributed by atoms with Crippen molar-refractivity contribution in [1.82, 2.24) is 11.0 Å². The molecule has 11 heteroatoms. The van der Waals surface area contributed by atoms with Crippen molar-refractivity contribution >= 4 is 64.5 Å². The molecule has 6 aromatic carbocycles. The zero-order valence-corrected chi connectivity index (χ0v) is 31.7. The maximum absolute atomic E-state index is 13.7. The van der Waals surface area contributed by atoms with E-state index in [1.165, 1.54) is 48.5 Å². The molecule has 0 heterocycles. The van der Waals surface area contributed by atoms with Crippen LogP contribution in [-0.4, -0.2) is 50.2 Å². The van der Waals surface area contributed by atoms with Crippen LogP contribution in [-0.2, 0) is 7.76 Å². The number of rotatable bonds is 12. The van der Waals surface area contributed by atoms with Gasteiger partial charge in [0.1, 0.15) is 0 Å². The summed E-state index contributed by atoms with van der Waals surface area (Å²) in [6.07, 6.45) is 0. The molecule has 2 amide bonds. The van der Waals surface area contributed by atoms with Crippen LogP contribution in [0, 0.1) is 11.6 Å². The maximum atomic E-state index is 13.7. The fraction of sp³-hybridized carbons (Fsp3) is 0. The van der Waals surface area contributed by atoms with Gasteiger partial charge in [0.25, 0.3) is 0 Å². The van der Waals surface area contributed by atoms with Crippen molar-refractivity contribution in [2.24, 2.45) is 0 Å². The summed E-state index contributed by atoms with van der Waals surface area (Å²) in [5.41, 5.74) is 5.65. The van der Waals surface area contributed by atoms with E-state index in [4.69, 9.17) is 7.76 Å². The van der Waals surface area contributed by atoms with Gasteiger partial charge in [0.15, 0.2) is 0 Å². The van der Waals surface area contributed by atoms with E-state index in [2.05, 4.69) is 11.0 Å². The Morgan fingerprint density at radius 2 is 0.673 bits per heavy atom. The number of benzene rings is 6. The normalized spacial score (nSPS) is 11.5. The Labute approximate surface area is 292 Å². The molecule has 0 fully saturated rings. The van der Waals surface area contributed by atoms with E-state index in [9.17, 15) is 18.4 Å². The number of hydrogen-bond acceptors (Lipinski definition) is 5. The number of hydroxylamine groups is 2. The molecule has 6 aromatic rings. The van der Waals surface area contributed by atoms with E-state index in [1.807, 2.05) is 121 Å². The van der Waals surface area contributed by atoms with Gasteiger partial charge < -0.3 is 0 Å². The molecule has 0 bridgehead atoms. The first-order valence-electron chi connectivity index (χ1n) is 15.3. The van der Waals surface area contributed by atoms with Gasteiger partial charge in [-0.2, -0.15) is 0 Å². The number of nitrogens with one attached hydrogen (secondary N) is 2. The number of hydrogen-bond donors (Lipinski definition) is 2. The average molecular weight is 870 g/mol. The fourth-order valence-electron chi connectivity index (χ4n) is 5.24. The monoisotopic (exact) mass is 872 g/mol. The summed E-state index contributed by atoms with van der Waals surface area (Å²) in [5, 5.41) is 0. The standard InChI is InChI=1S/2C7H5FNO2.4C6H5.O.2Sn/c2*8-6-3-1-5(2-4-6)7(10)9-11;4*1-2-4-6-5-3-1;;;/h2*1-4H,(H-,9,10,11);4*1-5H;;;/q2*-1;;;;;;2*+1. The summed E-state index contributed by atoms with van der Waals surface area (Å²) >= 11 is -10.3. The van der Waals surface area contributed by atoms with Crippen LogP contribution in [0.4, 0.5) is 8.78 Å². The number of halogens is 2. The minimum atomic E-state index is -5.17. The molecule has 2 N–H and O–H groups in total. The van der Waals surface area contributed by atoms with Crippen LogP contribution < -0.4 is 25.3 Å². The van der Waals surface area contributed by atoms with Gasteiger partial charge >= 0.3 is 294 Å². The molecule has 6 rings (SSSR count). The quantitative estimate of drug-likeness (QED) is 0.140. The third-order valence-corrected chi connectivity index (χ3v) is 35.0. The van der Waals surface area contributed by atoms with Crippen molar-refractivity contribution in [3.05, 3.63) is 193 Å². The second-order valence-corrected chi connectivity index (χ2v) is 30.2. The molecule has 0 saturated carbocycles. The van der Waals surface area contributed by atoms with E-state index >= 15 is 0 Å². The summed E-state index contributed by atoms with van der Waals surface area (Å²) in [4.78, 5) is 27.0. The fourth-order valence-corrected chi connectivity index (χ4v) is 38.2. The van der Waals surface area contributed by atoms with Gasteiger partial charge in [0.05, 0.1) is 0 Å². The molecule has 0 aliphatic heterocycles. The molecule has 7 nitrogen and oxygen atoms in total. The first-order chi connectivity index (χ1) is 23.9. The van der Waals surface area contributed by atoms with Gasteiger partial charge in [-0.1, -0.05) is 0 Å². The van der Waals surface area contributed by atoms with E-state index in [0.717, 1.165) is 0 Å². The summed E-state index contributed by atoms with van der Waals surface area (Å²) in [5.74, 6) is -2.15. The van der Waals surface area contributed by atoms with Crippen LogP contribution in [0.2, 0.25) is 0 Å². The Kier molecular flexibility index (Phi) is 11.2. The van der Waals surface area contributed by atoms with E-state index in [0.29, 0.717) is 14.3 Å². The van der Waals surface area contributed by atoms with Crippen LogP contribution in [0.5, 0.6) is 0 Å². The Balaban J connectivity index is 1.53. The molecule has 0 spiro atoms. The zero-order chi connectivity index (χ0) is 34.1. The van der Waals surface area contributed by atoms with Crippen molar-refractivity contribution < 1.29 is 26.1 Å². The summed E-state index contributed by atoms with van der Waals surface area (Å²) in [6, 6.07) is 47.7. The van der Waals surface area contributed by atoms with Crippen LogP contribution in [0.15, 0.2) is 170 Å². The van der Waals surface area contributed by atoms with Gasteiger partial charge in [-0.3, -0.25) is 0 Å². The second kappa shape index (κ2) is 15.9. The summed E-state index contributed by atoms with van der Waals surface area (Å²) in [6.45, 7) is 0. The first kappa shape index (κ1) is 34.5. The first-order valence-corrected chi connectivity index (χ1v) is 25.7.